The highest BCUT2D eigenvalue weighted by atomic mass is 32.2. The average molecular weight is 512 g/mol. The fraction of sp³-hybridized carbons (Fsp3) is 0.619. The molecule has 0 bridgehead atoms. The lowest BCUT2D eigenvalue weighted by Gasteiger charge is -2.33. The Morgan fingerprint density at radius 2 is 1.94 bits per heavy atom. The van der Waals surface area contributed by atoms with E-state index in [-0.39, 0.29) is 13.0 Å². The summed E-state index contributed by atoms with van der Waals surface area (Å²) >= 11 is 0. The molecule has 2 aliphatic carbocycles. The molecule has 188 valence electrons. The molecule has 35 heavy (non-hydrogen) atoms. The Bertz CT molecular complexity index is 1250. The number of alkyl halides is 2. The van der Waals surface area contributed by atoms with Crippen molar-refractivity contribution in [3.05, 3.63) is 17.8 Å². The summed E-state index contributed by atoms with van der Waals surface area (Å²) in [5, 5.41) is 25.5. The summed E-state index contributed by atoms with van der Waals surface area (Å²) in [5.74, 6) is -9.59. The van der Waals surface area contributed by atoms with Crippen LogP contribution in [0.5, 0.6) is 0 Å². The highest BCUT2D eigenvalue weighted by Crippen LogP contribution is 2.68. The fourth-order valence-electron chi connectivity index (χ4n) is 5.59. The van der Waals surface area contributed by atoms with Gasteiger partial charge in [0.1, 0.15) is 5.41 Å². The Hall–Kier alpha value is -3.21. The maximum Gasteiger partial charge on any atom is 0.310 e. The minimum absolute atomic E-state index is 0.276. The van der Waals surface area contributed by atoms with Crippen molar-refractivity contribution in [2.75, 3.05) is 13.1 Å². The van der Waals surface area contributed by atoms with Gasteiger partial charge in [0.15, 0.2) is 14.9 Å². The zero-order valence-electron chi connectivity index (χ0n) is 18.6. The smallest absolute Gasteiger partial charge is 0.310 e. The molecule has 4 rings (SSSR count). The number of carboxylic acids is 1. The molecule has 0 aromatic carbocycles. The van der Waals surface area contributed by atoms with E-state index in [4.69, 9.17) is 5.73 Å². The molecule has 1 aliphatic heterocycles. The molecule has 14 heteroatoms. The number of carboxylic acid groups (broad SMARTS) is 1. The molecule has 1 aromatic heterocycles. The number of likely N-dealkylation sites (tertiary alicyclic amines) is 1. The number of carbonyl (C=O) groups excluding carboxylic acids is 2. The first-order valence-corrected chi connectivity index (χ1v) is 12.4. The number of aromatic nitrogens is 2. The molecule has 5 atom stereocenters. The van der Waals surface area contributed by atoms with Gasteiger partial charge in [-0.25, -0.2) is 17.2 Å². The minimum atomic E-state index is -4.30. The number of hydrogen-bond donors (Lipinski definition) is 2. The van der Waals surface area contributed by atoms with Crippen molar-refractivity contribution >= 4 is 27.6 Å². The van der Waals surface area contributed by atoms with E-state index >= 15 is 0 Å². The Labute approximate surface area is 199 Å². The highest BCUT2D eigenvalue weighted by molar-refractivity contribution is 7.92. The zero-order valence-corrected chi connectivity index (χ0v) is 19.5. The predicted octanol–water partition coefficient (Wildman–Crippen LogP) is 0.291. The lowest BCUT2D eigenvalue weighted by Crippen LogP contribution is -2.48. The molecule has 0 radical (unpaired) electrons. The zero-order chi connectivity index (χ0) is 26.0. The van der Waals surface area contributed by atoms with Gasteiger partial charge >= 0.3 is 5.97 Å². The van der Waals surface area contributed by atoms with Gasteiger partial charge < -0.3 is 15.7 Å². The first-order valence-electron chi connectivity index (χ1n) is 10.9. The number of aryl methyl sites for hydroxylation is 1. The van der Waals surface area contributed by atoms with Crippen molar-refractivity contribution in [1.29, 1.82) is 5.26 Å². The first-order chi connectivity index (χ1) is 16.2. The number of amides is 2. The van der Waals surface area contributed by atoms with Gasteiger partial charge in [-0.2, -0.15) is 10.4 Å². The van der Waals surface area contributed by atoms with Crippen LogP contribution in [0, 0.1) is 40.9 Å². The van der Waals surface area contributed by atoms with Crippen LogP contribution in [-0.2, 0) is 24.2 Å². The molecule has 11 nitrogen and oxygen atoms in total. The molecule has 2 amide bonds. The molecule has 0 spiro atoms. The van der Waals surface area contributed by atoms with Gasteiger partial charge in [-0.15, -0.1) is 5.10 Å². The van der Waals surface area contributed by atoms with Crippen LogP contribution in [0.2, 0.25) is 0 Å². The third-order valence-corrected chi connectivity index (χ3v) is 9.63. The second kappa shape index (κ2) is 7.91. The standard InChI is InChI=1S/C21H23F2N5O6S/c1-11-2-3-15(27-26-11)35(33,34)12-6-13(16(29)28-5-4-20(22,23)10-28)21(7-12,18(31)32)14-8-19(14,9-24)17(25)30/h2-3,12-14H,4-8,10H2,1H3,(H2,25,30)(H,31,32)/t12-,13+,14?,19?,21+/m1/s1. The highest BCUT2D eigenvalue weighted by Gasteiger charge is 2.76. The largest absolute Gasteiger partial charge is 0.481 e. The average Bonchev–Trinajstić information content (AvgIpc) is 3.23. The van der Waals surface area contributed by atoms with E-state index in [1.165, 1.54) is 12.1 Å². The normalized spacial score (nSPS) is 33.8. The van der Waals surface area contributed by atoms with E-state index < -0.39 is 92.3 Å². The van der Waals surface area contributed by atoms with Crippen molar-refractivity contribution in [2.24, 2.45) is 28.4 Å². The van der Waals surface area contributed by atoms with E-state index in [0.717, 1.165) is 4.90 Å². The number of aliphatic carboxylic acids is 1. The second-order valence-electron chi connectivity index (χ2n) is 9.59. The van der Waals surface area contributed by atoms with Crippen molar-refractivity contribution in [3.63, 3.8) is 0 Å². The summed E-state index contributed by atoms with van der Waals surface area (Å²) in [7, 11) is -4.30. The van der Waals surface area contributed by atoms with Crippen molar-refractivity contribution in [1.82, 2.24) is 15.1 Å². The molecule has 3 aliphatic rings. The van der Waals surface area contributed by atoms with Crippen LogP contribution in [0.3, 0.4) is 0 Å². The van der Waals surface area contributed by atoms with Gasteiger partial charge in [-0.1, -0.05) is 0 Å². The van der Waals surface area contributed by atoms with Crippen LogP contribution in [-0.4, -0.2) is 70.7 Å². The molecular weight excluding hydrogens is 488 g/mol. The van der Waals surface area contributed by atoms with Crippen LogP contribution < -0.4 is 5.73 Å². The number of halogens is 2. The van der Waals surface area contributed by atoms with Crippen LogP contribution in [0.4, 0.5) is 8.78 Å². The number of rotatable bonds is 6. The van der Waals surface area contributed by atoms with Crippen molar-refractivity contribution in [2.45, 2.75) is 48.8 Å². The number of carbonyl (C=O) groups is 3. The van der Waals surface area contributed by atoms with Gasteiger partial charge in [-0.05, 0) is 38.3 Å². The van der Waals surface area contributed by atoms with Gasteiger partial charge in [0.05, 0.1) is 34.9 Å². The van der Waals surface area contributed by atoms with Crippen LogP contribution in [0.25, 0.3) is 0 Å². The monoisotopic (exact) mass is 511 g/mol. The SMILES string of the molecule is Cc1ccc(S(=O)(=O)[C@@H]2C[C@@H](C(=O)N3CCC(F)(F)C3)[C@](C(=O)O)(C3CC3(C#N)C(N)=O)C2)nn1. The predicted molar refractivity (Wildman–Crippen MR) is 112 cm³/mol. The van der Waals surface area contributed by atoms with Crippen molar-refractivity contribution < 1.29 is 36.7 Å². The Balaban J connectivity index is 1.79. The number of primary amides is 1. The fourth-order valence-corrected chi connectivity index (χ4v) is 7.29. The van der Waals surface area contributed by atoms with Crippen LogP contribution in [0.1, 0.15) is 31.4 Å². The van der Waals surface area contributed by atoms with Crippen molar-refractivity contribution in [3.8, 4) is 6.07 Å². The maximum absolute atomic E-state index is 13.8. The number of hydrogen-bond acceptors (Lipinski definition) is 8. The first kappa shape index (κ1) is 24.9. The lowest BCUT2D eigenvalue weighted by atomic mass is 9.70. The third-order valence-electron chi connectivity index (χ3n) is 7.59. The van der Waals surface area contributed by atoms with Gasteiger partial charge in [0, 0.05) is 18.9 Å². The Morgan fingerprint density at radius 3 is 2.40 bits per heavy atom. The van der Waals surface area contributed by atoms with Crippen LogP contribution in [0.15, 0.2) is 17.2 Å². The molecular formula is C21H23F2N5O6S. The molecule has 3 N–H and O–H groups in total. The summed E-state index contributed by atoms with van der Waals surface area (Å²) in [4.78, 5) is 39.1. The molecule has 1 aromatic rings. The Morgan fingerprint density at radius 1 is 1.26 bits per heavy atom. The molecule has 2 heterocycles. The topological polar surface area (TPSA) is 184 Å². The lowest BCUT2D eigenvalue weighted by molar-refractivity contribution is -0.160. The number of nitriles is 1. The number of sulfone groups is 1. The summed E-state index contributed by atoms with van der Waals surface area (Å²) < 4.78 is 54.4. The molecule has 2 saturated carbocycles. The number of nitrogens with zero attached hydrogens (tertiary/aromatic N) is 4. The van der Waals surface area contributed by atoms with Gasteiger partial charge in [-0.3, -0.25) is 14.4 Å². The van der Waals surface area contributed by atoms with E-state index in [2.05, 4.69) is 10.2 Å². The summed E-state index contributed by atoms with van der Waals surface area (Å²) in [6.45, 7) is 0.332. The van der Waals surface area contributed by atoms with E-state index in [9.17, 15) is 42.0 Å². The maximum atomic E-state index is 13.8. The quantitative estimate of drug-likeness (QED) is 0.542. The van der Waals surface area contributed by atoms with E-state index in [1.54, 1.807) is 13.0 Å². The summed E-state index contributed by atoms with van der Waals surface area (Å²) in [6.07, 6.45) is -1.99. The van der Waals surface area contributed by atoms with Crippen LogP contribution >= 0.6 is 0 Å². The van der Waals surface area contributed by atoms with E-state index in [1.807, 2.05) is 0 Å². The summed E-state index contributed by atoms with van der Waals surface area (Å²) in [6, 6.07) is 4.35. The molecule has 2 unspecified atom stereocenters. The number of nitrogens with two attached hydrogens (primary N) is 1. The van der Waals surface area contributed by atoms with Gasteiger partial charge in [0.25, 0.3) is 5.92 Å². The second-order valence-corrected chi connectivity index (χ2v) is 11.8. The van der Waals surface area contributed by atoms with Gasteiger partial charge in [0.2, 0.25) is 11.8 Å². The van der Waals surface area contributed by atoms with E-state index in [0.29, 0.717) is 5.69 Å². The molecule has 1 saturated heterocycles. The summed E-state index contributed by atoms with van der Waals surface area (Å²) in [5.41, 5.74) is 1.76. The molecule has 3 fully saturated rings. The Kier molecular flexibility index (Phi) is 5.62. The minimum Gasteiger partial charge on any atom is -0.481 e. The third kappa shape index (κ3) is 3.72.